The summed E-state index contributed by atoms with van der Waals surface area (Å²) in [5.74, 6) is 0.802. The number of hydrogen-bond acceptors (Lipinski definition) is 4. The number of anilines is 1. The van der Waals surface area contributed by atoms with E-state index in [2.05, 4.69) is 64.8 Å². The van der Waals surface area contributed by atoms with Crippen molar-refractivity contribution in [1.82, 2.24) is 4.90 Å². The Kier molecular flexibility index (Phi) is 16.3. The van der Waals surface area contributed by atoms with E-state index in [1.54, 1.807) is 18.2 Å². The molecular weight excluding hydrogens is 634 g/mol. The van der Waals surface area contributed by atoms with Crippen LogP contribution in [0.1, 0.15) is 92.4 Å². The minimum atomic E-state index is -0.255. The Hall–Kier alpha value is -4.55. The fourth-order valence-electron chi connectivity index (χ4n) is 5.89. The summed E-state index contributed by atoms with van der Waals surface area (Å²) < 4.78 is 14.0. The summed E-state index contributed by atoms with van der Waals surface area (Å²) in [5, 5.41) is 18.2. The van der Waals surface area contributed by atoms with Crippen LogP contribution in [0.5, 0.6) is 0 Å². The van der Waals surface area contributed by atoms with Crippen LogP contribution in [0.3, 0.4) is 0 Å². The highest BCUT2D eigenvalue weighted by atomic mass is 19.1. The molecule has 4 rings (SSSR count). The lowest BCUT2D eigenvalue weighted by Crippen LogP contribution is -2.40. The molecule has 0 aromatic heterocycles. The Balaban J connectivity index is 0.00000131. The number of para-hydroxylation sites is 1. The molecule has 1 saturated heterocycles. The van der Waals surface area contributed by atoms with Crippen LogP contribution in [0.4, 0.5) is 10.1 Å². The number of carbonyl (C=O) groups excluding carboxylic acids is 1. The molecule has 0 bridgehead atoms. The van der Waals surface area contributed by atoms with E-state index in [0.29, 0.717) is 36.5 Å². The zero-order valence-electron chi connectivity index (χ0n) is 31.6. The highest BCUT2D eigenvalue weighted by Crippen LogP contribution is 2.33. The molecule has 1 fully saturated rings. The number of likely N-dealkylation sites (tertiary alicyclic amines) is 1. The molecule has 51 heavy (non-hydrogen) atoms. The number of amides is 1. The molecule has 0 unspecified atom stereocenters. The van der Waals surface area contributed by atoms with Crippen molar-refractivity contribution in [2.45, 2.75) is 80.2 Å². The molecule has 2 N–H and O–H groups in total. The van der Waals surface area contributed by atoms with Crippen LogP contribution in [0, 0.1) is 36.9 Å². The Morgan fingerprint density at radius 1 is 1.00 bits per heavy atom. The normalized spacial score (nSPS) is 13.6. The molecule has 5 nitrogen and oxygen atoms in total. The lowest BCUT2D eigenvalue weighted by Gasteiger charge is -2.38. The predicted octanol–water partition coefficient (Wildman–Crippen LogP) is 10.8. The quantitative estimate of drug-likeness (QED) is 0.131. The number of allylic oxidation sites excluding steroid dienone is 4. The average molecular weight is 692 g/mol. The highest BCUT2D eigenvalue weighted by molar-refractivity contribution is 6.13. The highest BCUT2D eigenvalue weighted by Gasteiger charge is 2.28. The number of aliphatic hydroxyl groups is 1. The first kappa shape index (κ1) is 40.9. The molecule has 1 heterocycles. The van der Waals surface area contributed by atoms with Gasteiger partial charge in [-0.15, -0.1) is 0 Å². The molecule has 0 saturated carbocycles. The van der Waals surface area contributed by atoms with Crippen LogP contribution < -0.4 is 4.90 Å². The number of hydrogen-bond donors (Lipinski definition) is 2. The maximum Gasteiger partial charge on any atom is 0.253 e. The summed E-state index contributed by atoms with van der Waals surface area (Å²) in [6.45, 7) is 22.7. The van der Waals surface area contributed by atoms with E-state index < -0.39 is 0 Å². The molecule has 0 aliphatic carbocycles. The number of nitrogens with one attached hydrogen (secondary N) is 1. The minimum absolute atomic E-state index is 0.0124. The molecule has 1 aliphatic rings. The van der Waals surface area contributed by atoms with E-state index in [-0.39, 0.29) is 24.2 Å². The molecule has 3 aromatic carbocycles. The average Bonchev–Trinajstić information content (AvgIpc) is 3.13. The summed E-state index contributed by atoms with van der Waals surface area (Å²) in [6.07, 6.45) is 10.3. The second-order valence-electron chi connectivity index (χ2n) is 13.9. The number of aliphatic hydroxyl groups excluding tert-OH is 1. The monoisotopic (exact) mass is 691 g/mol. The van der Waals surface area contributed by atoms with Crippen molar-refractivity contribution in [3.63, 3.8) is 0 Å². The van der Waals surface area contributed by atoms with Crippen molar-refractivity contribution < 1.29 is 14.3 Å². The summed E-state index contributed by atoms with van der Waals surface area (Å²) in [5.41, 5.74) is 8.00. The number of aryl methyl sites for hydroxylation is 2. The van der Waals surface area contributed by atoms with Gasteiger partial charge in [-0.3, -0.25) is 10.2 Å². The first-order valence-electron chi connectivity index (χ1n) is 18.3. The van der Waals surface area contributed by atoms with Crippen LogP contribution >= 0.6 is 0 Å². The van der Waals surface area contributed by atoms with E-state index in [0.717, 1.165) is 70.8 Å². The van der Waals surface area contributed by atoms with E-state index in [4.69, 9.17) is 5.41 Å². The summed E-state index contributed by atoms with van der Waals surface area (Å²) in [7, 11) is 0. The fraction of sp³-hybridized carbons (Fsp3) is 0.378. The number of halogens is 1. The summed E-state index contributed by atoms with van der Waals surface area (Å²) in [4.78, 5) is 17.7. The molecule has 0 spiro atoms. The second kappa shape index (κ2) is 20.3. The maximum atomic E-state index is 14.0. The summed E-state index contributed by atoms with van der Waals surface area (Å²) in [6, 6.07) is 20.4. The first-order valence-corrected chi connectivity index (χ1v) is 18.3. The van der Waals surface area contributed by atoms with Crippen molar-refractivity contribution in [2.24, 2.45) is 11.8 Å². The van der Waals surface area contributed by atoms with E-state index >= 15 is 0 Å². The van der Waals surface area contributed by atoms with Crippen LogP contribution in [-0.4, -0.2) is 41.3 Å². The van der Waals surface area contributed by atoms with Crippen LogP contribution in [0.15, 0.2) is 115 Å². The van der Waals surface area contributed by atoms with Gasteiger partial charge in [-0.25, -0.2) is 4.39 Å². The number of nitrogens with zero attached hydrogens (tertiary/aromatic N) is 2. The SMILES string of the molecule is C=C(/C=C\C(=C/CCC)C(=N)c1ccc(C(=O)N2CCC(C(=C)N(Cc3cccc(F)c3)c3ccccc3C)CC2)cc1C)CO.CCC(C)C. The Morgan fingerprint density at radius 3 is 2.27 bits per heavy atom. The van der Waals surface area contributed by atoms with Crippen molar-refractivity contribution in [3.8, 4) is 0 Å². The zero-order chi connectivity index (χ0) is 37.5. The Labute approximate surface area is 306 Å². The van der Waals surface area contributed by atoms with Gasteiger partial charge in [-0.2, -0.15) is 0 Å². The predicted molar refractivity (Wildman–Crippen MR) is 213 cm³/mol. The number of rotatable bonds is 14. The largest absolute Gasteiger partial charge is 0.392 e. The van der Waals surface area contributed by atoms with E-state index in [9.17, 15) is 14.3 Å². The van der Waals surface area contributed by atoms with Gasteiger partial charge in [-0.05, 0) is 97.2 Å². The number of carbonyl (C=O) groups is 1. The zero-order valence-corrected chi connectivity index (χ0v) is 31.6. The topological polar surface area (TPSA) is 67.6 Å². The standard InChI is InChI=1S/C40H46FN3O2.C5H12/c1-6-7-13-34(17-16-28(2)27-45)39(42)37-19-18-35(24-30(37)4)40(46)43-22-20-33(21-23-43)31(5)44(38-15-9-8-11-29(38)3)26-32-12-10-14-36(41)25-32;1-4-5(2)3/h8-19,24-25,33,42,45H,2,5-7,20-23,26-27H2,1,3-4H3;5H,4H2,1-3H3/b17-16-,34-13+,42-39?;. The van der Waals surface area contributed by atoms with Gasteiger partial charge >= 0.3 is 0 Å². The lowest BCUT2D eigenvalue weighted by molar-refractivity contribution is 0.0701. The number of unbranched alkanes of at least 4 members (excludes halogenated alkanes) is 1. The van der Waals surface area contributed by atoms with Crippen LogP contribution in [0.25, 0.3) is 0 Å². The molecular formula is C45H58FN3O2. The molecule has 1 aliphatic heterocycles. The van der Waals surface area contributed by atoms with E-state index in [1.807, 2.05) is 60.4 Å². The van der Waals surface area contributed by atoms with Crippen LogP contribution in [0.2, 0.25) is 0 Å². The number of benzene rings is 3. The smallest absolute Gasteiger partial charge is 0.253 e. The third kappa shape index (κ3) is 12.0. The van der Waals surface area contributed by atoms with Gasteiger partial charge < -0.3 is 14.9 Å². The molecule has 0 atom stereocenters. The van der Waals surface area contributed by atoms with Gasteiger partial charge in [0.15, 0.2) is 0 Å². The van der Waals surface area contributed by atoms with Gasteiger partial charge in [0.1, 0.15) is 5.82 Å². The van der Waals surface area contributed by atoms with Crippen molar-refractivity contribution in [2.75, 3.05) is 24.6 Å². The maximum absolute atomic E-state index is 14.0. The summed E-state index contributed by atoms with van der Waals surface area (Å²) >= 11 is 0. The van der Waals surface area contributed by atoms with Crippen molar-refractivity contribution in [3.05, 3.63) is 149 Å². The third-order valence-corrected chi connectivity index (χ3v) is 9.44. The first-order chi connectivity index (χ1) is 24.4. The minimum Gasteiger partial charge on any atom is -0.392 e. The molecule has 1 amide bonds. The third-order valence-electron chi connectivity index (χ3n) is 9.44. The van der Waals surface area contributed by atoms with Gasteiger partial charge in [0, 0.05) is 48.1 Å². The van der Waals surface area contributed by atoms with Crippen molar-refractivity contribution >= 4 is 17.3 Å². The van der Waals surface area contributed by atoms with Crippen LogP contribution in [-0.2, 0) is 6.54 Å². The Bertz CT molecular complexity index is 1710. The van der Waals surface area contributed by atoms with Gasteiger partial charge in [0.05, 0.1) is 12.3 Å². The molecule has 3 aromatic rings. The lowest BCUT2D eigenvalue weighted by atomic mass is 9.91. The van der Waals surface area contributed by atoms with E-state index in [1.165, 1.54) is 12.5 Å². The number of piperidine rings is 1. The van der Waals surface area contributed by atoms with Gasteiger partial charge in [-0.1, -0.05) is 108 Å². The Morgan fingerprint density at radius 2 is 1.69 bits per heavy atom. The van der Waals surface area contributed by atoms with Gasteiger partial charge in [0.25, 0.3) is 5.91 Å². The van der Waals surface area contributed by atoms with Gasteiger partial charge in [0.2, 0.25) is 0 Å². The molecule has 272 valence electrons. The fourth-order valence-corrected chi connectivity index (χ4v) is 5.89. The molecule has 0 radical (unpaired) electrons. The molecule has 6 heteroatoms. The second-order valence-corrected chi connectivity index (χ2v) is 13.9. The van der Waals surface area contributed by atoms with Crippen molar-refractivity contribution in [1.29, 1.82) is 5.41 Å².